The van der Waals surface area contributed by atoms with Crippen LogP contribution in [0, 0.1) is 0 Å². The monoisotopic (exact) mass is 395 g/mol. The summed E-state index contributed by atoms with van der Waals surface area (Å²) in [6, 6.07) is 15.4. The van der Waals surface area contributed by atoms with E-state index in [-0.39, 0.29) is 11.7 Å². The Hall–Kier alpha value is -3.32. The number of hydrogen-bond donors (Lipinski definition) is 2. The Morgan fingerprint density at radius 2 is 1.93 bits per heavy atom. The van der Waals surface area contributed by atoms with Gasteiger partial charge in [0.2, 0.25) is 0 Å². The summed E-state index contributed by atoms with van der Waals surface area (Å²) in [5.74, 6) is 0.954. The van der Waals surface area contributed by atoms with E-state index < -0.39 is 12.0 Å². The van der Waals surface area contributed by atoms with Crippen LogP contribution < -0.4 is 15.2 Å². The van der Waals surface area contributed by atoms with Crippen LogP contribution in [0.1, 0.15) is 29.9 Å². The van der Waals surface area contributed by atoms with Crippen LogP contribution in [0.25, 0.3) is 11.1 Å². The quantitative estimate of drug-likeness (QED) is 0.580. The number of hydrogen-bond acceptors (Lipinski definition) is 5. The molecule has 3 aromatic rings. The van der Waals surface area contributed by atoms with Gasteiger partial charge in [-0.1, -0.05) is 24.3 Å². The molecule has 1 heterocycles. The van der Waals surface area contributed by atoms with E-state index in [2.05, 4.69) is 4.98 Å². The predicted molar refractivity (Wildman–Crippen MR) is 110 cm³/mol. The van der Waals surface area contributed by atoms with Gasteiger partial charge in [0.25, 0.3) is 5.91 Å². The van der Waals surface area contributed by atoms with Crippen molar-refractivity contribution in [3.05, 3.63) is 66.7 Å². The SMILES string of the molecule is COc1ccc(-c2cccc(OCC[C@H]([C@H](C)O)n3cnc(C(N)=O)c3)c2)cc1. The minimum absolute atomic E-state index is 0.170. The second kappa shape index (κ2) is 9.25. The first kappa shape index (κ1) is 20.4. The smallest absolute Gasteiger partial charge is 0.268 e. The third-order valence-electron chi connectivity index (χ3n) is 4.73. The van der Waals surface area contributed by atoms with Crippen molar-refractivity contribution in [2.45, 2.75) is 25.5 Å². The van der Waals surface area contributed by atoms with Crippen molar-refractivity contribution in [1.82, 2.24) is 9.55 Å². The summed E-state index contributed by atoms with van der Waals surface area (Å²) in [5, 5.41) is 10.1. The van der Waals surface area contributed by atoms with Gasteiger partial charge in [0.1, 0.15) is 17.2 Å². The lowest BCUT2D eigenvalue weighted by atomic mass is 10.1. The standard InChI is InChI=1S/C22H25N3O4/c1-15(26)21(25-13-20(22(23)27)24-14-25)10-11-29-19-5-3-4-17(12-19)16-6-8-18(28-2)9-7-16/h3-9,12-15,21,26H,10-11H2,1-2H3,(H2,23,27)/t15-,21+/m0/s1. The highest BCUT2D eigenvalue weighted by Crippen LogP contribution is 2.26. The van der Waals surface area contributed by atoms with Crippen molar-refractivity contribution in [1.29, 1.82) is 0 Å². The molecule has 3 rings (SSSR count). The zero-order valence-corrected chi connectivity index (χ0v) is 16.5. The number of primary amides is 1. The maximum atomic E-state index is 11.2. The molecule has 0 aliphatic carbocycles. The molecule has 0 bridgehead atoms. The number of ether oxygens (including phenoxy) is 2. The van der Waals surface area contributed by atoms with Crippen molar-refractivity contribution < 1.29 is 19.4 Å². The Bertz CT molecular complexity index is 951. The highest BCUT2D eigenvalue weighted by atomic mass is 16.5. The van der Waals surface area contributed by atoms with E-state index in [1.54, 1.807) is 24.8 Å². The fourth-order valence-electron chi connectivity index (χ4n) is 3.13. The van der Waals surface area contributed by atoms with E-state index in [4.69, 9.17) is 15.2 Å². The van der Waals surface area contributed by atoms with Crippen molar-refractivity contribution in [2.24, 2.45) is 5.73 Å². The lowest BCUT2D eigenvalue weighted by molar-refractivity contribution is 0.0993. The van der Waals surface area contributed by atoms with Crippen LogP contribution in [-0.4, -0.2) is 40.4 Å². The summed E-state index contributed by atoms with van der Waals surface area (Å²) in [5.41, 5.74) is 7.52. The average Bonchev–Trinajstić information content (AvgIpc) is 3.21. The molecule has 7 nitrogen and oxygen atoms in total. The largest absolute Gasteiger partial charge is 0.497 e. The Morgan fingerprint density at radius 3 is 2.55 bits per heavy atom. The molecular formula is C22H25N3O4. The number of methoxy groups -OCH3 is 1. The second-order valence-electron chi connectivity index (χ2n) is 6.77. The van der Waals surface area contributed by atoms with E-state index >= 15 is 0 Å². The van der Waals surface area contributed by atoms with Crippen LogP contribution in [0.4, 0.5) is 0 Å². The molecule has 0 aliphatic rings. The van der Waals surface area contributed by atoms with Crippen LogP contribution in [0.2, 0.25) is 0 Å². The molecule has 1 aromatic heterocycles. The first-order chi connectivity index (χ1) is 14.0. The van der Waals surface area contributed by atoms with Gasteiger partial charge in [-0.25, -0.2) is 4.98 Å². The first-order valence-electron chi connectivity index (χ1n) is 9.36. The summed E-state index contributed by atoms with van der Waals surface area (Å²) in [6.07, 6.45) is 2.95. The molecule has 0 spiro atoms. The molecule has 0 radical (unpaired) electrons. The van der Waals surface area contributed by atoms with Gasteiger partial charge >= 0.3 is 0 Å². The fraction of sp³-hybridized carbons (Fsp3) is 0.273. The molecule has 0 aliphatic heterocycles. The van der Waals surface area contributed by atoms with Gasteiger partial charge in [0, 0.05) is 12.6 Å². The summed E-state index contributed by atoms with van der Waals surface area (Å²) in [4.78, 5) is 15.2. The van der Waals surface area contributed by atoms with E-state index in [0.717, 1.165) is 22.6 Å². The molecule has 152 valence electrons. The Morgan fingerprint density at radius 1 is 1.17 bits per heavy atom. The summed E-state index contributed by atoms with van der Waals surface area (Å²) in [6.45, 7) is 2.09. The highest BCUT2D eigenvalue weighted by molar-refractivity contribution is 5.90. The van der Waals surface area contributed by atoms with Crippen molar-refractivity contribution in [3.8, 4) is 22.6 Å². The number of aliphatic hydroxyl groups excluding tert-OH is 1. The van der Waals surface area contributed by atoms with Gasteiger partial charge in [-0.3, -0.25) is 4.79 Å². The predicted octanol–water partition coefficient (Wildman–Crippen LogP) is 3.05. The molecule has 0 unspecified atom stereocenters. The number of aromatic nitrogens is 2. The maximum absolute atomic E-state index is 11.2. The molecule has 0 saturated carbocycles. The molecule has 2 aromatic carbocycles. The zero-order chi connectivity index (χ0) is 20.8. The number of carbonyl (C=O) groups excluding carboxylic acids is 1. The molecule has 29 heavy (non-hydrogen) atoms. The van der Waals surface area contributed by atoms with Gasteiger partial charge < -0.3 is 24.9 Å². The minimum atomic E-state index is -0.640. The van der Waals surface area contributed by atoms with Crippen molar-refractivity contribution >= 4 is 5.91 Å². The van der Waals surface area contributed by atoms with Gasteiger partial charge in [-0.05, 0) is 42.3 Å². The van der Waals surface area contributed by atoms with Gasteiger partial charge in [0.05, 0.1) is 32.2 Å². The van der Waals surface area contributed by atoms with Crippen LogP contribution in [0.5, 0.6) is 11.5 Å². The summed E-state index contributed by atoms with van der Waals surface area (Å²) in [7, 11) is 1.64. The van der Waals surface area contributed by atoms with Crippen molar-refractivity contribution in [3.63, 3.8) is 0 Å². The van der Waals surface area contributed by atoms with Crippen LogP contribution in [-0.2, 0) is 0 Å². The Kier molecular flexibility index (Phi) is 6.51. The van der Waals surface area contributed by atoms with Crippen LogP contribution >= 0.6 is 0 Å². The molecule has 7 heteroatoms. The number of nitrogens with two attached hydrogens (primary N) is 1. The highest BCUT2D eigenvalue weighted by Gasteiger charge is 2.19. The Balaban J connectivity index is 1.64. The average molecular weight is 395 g/mol. The lowest BCUT2D eigenvalue weighted by Crippen LogP contribution is -2.23. The molecule has 0 fully saturated rings. The molecular weight excluding hydrogens is 370 g/mol. The molecule has 1 amide bonds. The number of aliphatic hydroxyl groups is 1. The first-order valence-corrected chi connectivity index (χ1v) is 9.36. The molecule has 3 N–H and O–H groups in total. The third-order valence-corrected chi connectivity index (χ3v) is 4.73. The number of amides is 1. The summed E-state index contributed by atoms with van der Waals surface area (Å²) >= 11 is 0. The van der Waals surface area contributed by atoms with Gasteiger partial charge in [0.15, 0.2) is 0 Å². The second-order valence-corrected chi connectivity index (χ2v) is 6.77. The van der Waals surface area contributed by atoms with E-state index in [1.807, 2.05) is 48.5 Å². The van der Waals surface area contributed by atoms with Crippen molar-refractivity contribution in [2.75, 3.05) is 13.7 Å². The number of benzene rings is 2. The number of imidazole rings is 1. The Labute approximate surface area is 169 Å². The molecule has 2 atom stereocenters. The lowest BCUT2D eigenvalue weighted by Gasteiger charge is -2.21. The normalized spacial score (nSPS) is 12.9. The topological polar surface area (TPSA) is 99.6 Å². The van der Waals surface area contributed by atoms with E-state index in [0.29, 0.717) is 13.0 Å². The minimum Gasteiger partial charge on any atom is -0.497 e. The van der Waals surface area contributed by atoms with E-state index in [9.17, 15) is 9.90 Å². The number of nitrogens with zero attached hydrogens (tertiary/aromatic N) is 2. The van der Waals surface area contributed by atoms with Gasteiger partial charge in [-0.2, -0.15) is 0 Å². The zero-order valence-electron chi connectivity index (χ0n) is 16.5. The van der Waals surface area contributed by atoms with Crippen LogP contribution in [0.15, 0.2) is 61.1 Å². The fourth-order valence-corrected chi connectivity index (χ4v) is 3.13. The third kappa shape index (κ3) is 5.14. The number of rotatable bonds is 9. The maximum Gasteiger partial charge on any atom is 0.268 e. The summed E-state index contributed by atoms with van der Waals surface area (Å²) < 4.78 is 12.8. The van der Waals surface area contributed by atoms with E-state index in [1.165, 1.54) is 6.33 Å². The van der Waals surface area contributed by atoms with Crippen LogP contribution in [0.3, 0.4) is 0 Å². The van der Waals surface area contributed by atoms with Gasteiger partial charge in [-0.15, -0.1) is 0 Å². The molecule has 0 saturated heterocycles. The number of carbonyl (C=O) groups is 1.